The molecule has 0 radical (unpaired) electrons. The summed E-state index contributed by atoms with van der Waals surface area (Å²) in [4.78, 5) is 26.5. The van der Waals surface area contributed by atoms with Gasteiger partial charge in [0.2, 0.25) is 5.95 Å². The van der Waals surface area contributed by atoms with Crippen molar-refractivity contribution in [3.63, 3.8) is 0 Å². The van der Waals surface area contributed by atoms with E-state index in [-0.39, 0.29) is 5.91 Å². The SMILES string of the molecule is CCCN(CCC)c1nc(C)cc(C(=O)Nc2ccc(N(CC)CC)cc2C)n1. The quantitative estimate of drug-likeness (QED) is 0.623. The Morgan fingerprint density at radius 3 is 2.14 bits per heavy atom. The molecule has 1 amide bonds. The number of amides is 1. The topological polar surface area (TPSA) is 61.4 Å². The summed E-state index contributed by atoms with van der Waals surface area (Å²) in [5.74, 6) is 0.427. The first kappa shape index (κ1) is 22.7. The summed E-state index contributed by atoms with van der Waals surface area (Å²) in [6, 6.07) is 7.88. The van der Waals surface area contributed by atoms with Gasteiger partial charge in [0.1, 0.15) is 5.69 Å². The van der Waals surface area contributed by atoms with Crippen LogP contribution in [0.3, 0.4) is 0 Å². The Bertz CT molecular complexity index is 811. The van der Waals surface area contributed by atoms with Crippen LogP contribution < -0.4 is 15.1 Å². The van der Waals surface area contributed by atoms with Crippen molar-refractivity contribution in [2.24, 2.45) is 0 Å². The Kier molecular flexibility index (Phi) is 8.43. The normalized spacial score (nSPS) is 10.7. The van der Waals surface area contributed by atoms with E-state index >= 15 is 0 Å². The fourth-order valence-electron chi connectivity index (χ4n) is 3.42. The Labute approximate surface area is 175 Å². The molecule has 0 aliphatic carbocycles. The van der Waals surface area contributed by atoms with E-state index in [9.17, 15) is 4.79 Å². The van der Waals surface area contributed by atoms with Crippen molar-refractivity contribution in [1.82, 2.24) is 9.97 Å². The van der Waals surface area contributed by atoms with Gasteiger partial charge in [0.15, 0.2) is 0 Å². The lowest BCUT2D eigenvalue weighted by atomic mass is 10.1. The average Bonchev–Trinajstić information content (AvgIpc) is 2.70. The number of carbonyl (C=O) groups excluding carboxylic acids is 1. The molecule has 0 saturated carbocycles. The smallest absolute Gasteiger partial charge is 0.274 e. The molecule has 6 heteroatoms. The zero-order chi connectivity index (χ0) is 21.4. The highest BCUT2D eigenvalue weighted by molar-refractivity contribution is 6.03. The third kappa shape index (κ3) is 5.92. The standard InChI is InChI=1S/C23H35N5O/c1-7-13-28(14-8-2)23-24-18(6)16-21(26-23)22(29)25-20-12-11-19(15-17(20)5)27(9-3)10-4/h11-12,15-16H,7-10,13-14H2,1-6H3,(H,25,29). The molecule has 6 nitrogen and oxygen atoms in total. The molecule has 0 aliphatic rings. The van der Waals surface area contributed by atoms with Crippen molar-refractivity contribution in [3.05, 3.63) is 41.2 Å². The summed E-state index contributed by atoms with van der Waals surface area (Å²) < 4.78 is 0. The molecular weight excluding hydrogens is 362 g/mol. The second-order valence-electron chi connectivity index (χ2n) is 7.31. The number of nitrogens with one attached hydrogen (secondary N) is 1. The van der Waals surface area contributed by atoms with Crippen molar-refractivity contribution >= 4 is 23.2 Å². The molecule has 29 heavy (non-hydrogen) atoms. The first-order valence-electron chi connectivity index (χ1n) is 10.7. The van der Waals surface area contributed by atoms with Crippen LogP contribution in [0.2, 0.25) is 0 Å². The summed E-state index contributed by atoms with van der Waals surface area (Å²) in [6.07, 6.45) is 2.02. The molecule has 158 valence electrons. The molecule has 0 atom stereocenters. The molecule has 0 saturated heterocycles. The molecule has 1 aromatic carbocycles. The fraction of sp³-hybridized carbons (Fsp3) is 0.522. The maximum atomic E-state index is 12.9. The fourth-order valence-corrected chi connectivity index (χ4v) is 3.42. The lowest BCUT2D eigenvalue weighted by molar-refractivity contribution is 0.102. The maximum absolute atomic E-state index is 12.9. The molecule has 1 aromatic heterocycles. The highest BCUT2D eigenvalue weighted by atomic mass is 16.1. The Morgan fingerprint density at radius 2 is 1.59 bits per heavy atom. The lowest BCUT2D eigenvalue weighted by Crippen LogP contribution is -2.28. The van der Waals surface area contributed by atoms with E-state index in [1.165, 1.54) is 5.69 Å². The van der Waals surface area contributed by atoms with Gasteiger partial charge in [-0.05, 0) is 70.4 Å². The number of benzene rings is 1. The summed E-state index contributed by atoms with van der Waals surface area (Å²) in [7, 11) is 0. The van der Waals surface area contributed by atoms with E-state index in [4.69, 9.17) is 0 Å². The molecule has 1 N–H and O–H groups in total. The third-order valence-electron chi connectivity index (χ3n) is 4.93. The van der Waals surface area contributed by atoms with E-state index in [0.717, 1.165) is 56.0 Å². The highest BCUT2D eigenvalue weighted by Gasteiger charge is 2.16. The van der Waals surface area contributed by atoms with Crippen LogP contribution in [0.4, 0.5) is 17.3 Å². The van der Waals surface area contributed by atoms with Crippen LogP contribution in [0.15, 0.2) is 24.3 Å². The predicted molar refractivity (Wildman–Crippen MR) is 122 cm³/mol. The minimum absolute atomic E-state index is 0.205. The Morgan fingerprint density at radius 1 is 0.931 bits per heavy atom. The van der Waals surface area contributed by atoms with Gasteiger partial charge in [-0.25, -0.2) is 9.97 Å². The molecule has 0 fully saturated rings. The van der Waals surface area contributed by atoms with Gasteiger partial charge in [-0.2, -0.15) is 0 Å². The van der Waals surface area contributed by atoms with E-state index in [2.05, 4.69) is 64.9 Å². The van der Waals surface area contributed by atoms with Crippen LogP contribution in [0.25, 0.3) is 0 Å². The van der Waals surface area contributed by atoms with Gasteiger partial charge in [0.05, 0.1) is 0 Å². The van der Waals surface area contributed by atoms with Crippen LogP contribution in [0.5, 0.6) is 0 Å². The largest absolute Gasteiger partial charge is 0.372 e. The van der Waals surface area contributed by atoms with Gasteiger partial charge in [0, 0.05) is 43.2 Å². The summed E-state index contributed by atoms with van der Waals surface area (Å²) in [5.41, 5.74) is 4.21. The average molecular weight is 398 g/mol. The summed E-state index contributed by atoms with van der Waals surface area (Å²) in [6.45, 7) is 16.1. The molecule has 2 aromatic rings. The van der Waals surface area contributed by atoms with Gasteiger partial charge in [-0.15, -0.1) is 0 Å². The van der Waals surface area contributed by atoms with Gasteiger partial charge >= 0.3 is 0 Å². The predicted octanol–water partition coefficient (Wildman–Crippen LogP) is 4.82. The molecular formula is C23H35N5O. The second kappa shape index (κ2) is 10.8. The molecule has 0 bridgehead atoms. The van der Waals surface area contributed by atoms with Gasteiger partial charge < -0.3 is 15.1 Å². The van der Waals surface area contributed by atoms with Crippen LogP contribution in [-0.2, 0) is 0 Å². The number of aromatic nitrogens is 2. The van der Waals surface area contributed by atoms with Crippen molar-refractivity contribution in [3.8, 4) is 0 Å². The van der Waals surface area contributed by atoms with E-state index in [1.54, 1.807) is 6.07 Å². The van der Waals surface area contributed by atoms with Crippen LogP contribution in [-0.4, -0.2) is 42.1 Å². The minimum atomic E-state index is -0.205. The monoisotopic (exact) mass is 397 g/mol. The third-order valence-corrected chi connectivity index (χ3v) is 4.93. The Balaban J connectivity index is 2.24. The number of anilines is 3. The molecule has 0 spiro atoms. The maximum Gasteiger partial charge on any atom is 0.274 e. The number of rotatable bonds is 10. The van der Waals surface area contributed by atoms with Crippen LogP contribution >= 0.6 is 0 Å². The van der Waals surface area contributed by atoms with Crippen LogP contribution in [0.1, 0.15) is 62.3 Å². The zero-order valence-electron chi connectivity index (χ0n) is 18.7. The lowest BCUT2D eigenvalue weighted by Gasteiger charge is -2.23. The molecule has 0 aliphatic heterocycles. The van der Waals surface area contributed by atoms with E-state index < -0.39 is 0 Å². The molecule has 1 heterocycles. The van der Waals surface area contributed by atoms with Crippen molar-refractivity contribution in [2.75, 3.05) is 41.3 Å². The number of carbonyl (C=O) groups is 1. The number of aryl methyl sites for hydroxylation is 2. The Hall–Kier alpha value is -2.63. The minimum Gasteiger partial charge on any atom is -0.372 e. The first-order valence-corrected chi connectivity index (χ1v) is 10.7. The first-order chi connectivity index (χ1) is 13.9. The summed E-state index contributed by atoms with van der Waals surface area (Å²) >= 11 is 0. The van der Waals surface area contributed by atoms with Gasteiger partial charge in [0.25, 0.3) is 5.91 Å². The molecule has 2 rings (SSSR count). The summed E-state index contributed by atoms with van der Waals surface area (Å²) in [5, 5.41) is 3.02. The zero-order valence-corrected chi connectivity index (χ0v) is 18.7. The number of nitrogens with zero attached hydrogens (tertiary/aromatic N) is 4. The van der Waals surface area contributed by atoms with Crippen molar-refractivity contribution < 1.29 is 4.79 Å². The number of hydrogen-bond donors (Lipinski definition) is 1. The van der Waals surface area contributed by atoms with Crippen molar-refractivity contribution in [1.29, 1.82) is 0 Å². The van der Waals surface area contributed by atoms with Gasteiger partial charge in [-0.1, -0.05) is 13.8 Å². The van der Waals surface area contributed by atoms with Gasteiger partial charge in [-0.3, -0.25) is 4.79 Å². The van der Waals surface area contributed by atoms with E-state index in [0.29, 0.717) is 11.6 Å². The number of hydrogen-bond acceptors (Lipinski definition) is 5. The van der Waals surface area contributed by atoms with Crippen LogP contribution in [0, 0.1) is 13.8 Å². The van der Waals surface area contributed by atoms with E-state index in [1.807, 2.05) is 19.9 Å². The van der Waals surface area contributed by atoms with Crippen molar-refractivity contribution in [2.45, 2.75) is 54.4 Å². The highest BCUT2D eigenvalue weighted by Crippen LogP contribution is 2.23. The molecule has 0 unspecified atom stereocenters. The second-order valence-corrected chi connectivity index (χ2v) is 7.31.